The molecule has 3 aliphatic rings. The Bertz CT molecular complexity index is 298. The van der Waals surface area contributed by atoms with E-state index in [4.69, 9.17) is 4.74 Å². The van der Waals surface area contributed by atoms with Gasteiger partial charge >= 0.3 is 0 Å². The Hall–Kier alpha value is -0.410. The molecule has 0 spiro atoms. The quantitative estimate of drug-likeness (QED) is 0.770. The summed E-state index contributed by atoms with van der Waals surface area (Å²) in [4.78, 5) is 14.9. The molecule has 2 unspecified atom stereocenters. The normalized spacial score (nSPS) is 37.9. The molecule has 102 valence electrons. The van der Waals surface area contributed by atoms with E-state index in [1.165, 1.54) is 25.7 Å². The Kier molecular flexibility index (Phi) is 3.71. The Morgan fingerprint density at radius 1 is 1.17 bits per heavy atom. The average Bonchev–Trinajstić information content (AvgIpc) is 2.81. The zero-order chi connectivity index (χ0) is 12.5. The number of ether oxygens (including phenoxy) is 1. The Morgan fingerprint density at radius 3 is 2.39 bits per heavy atom. The Balaban J connectivity index is 1.57. The zero-order valence-corrected chi connectivity index (χ0v) is 11.4. The van der Waals surface area contributed by atoms with Gasteiger partial charge in [0.15, 0.2) is 0 Å². The Labute approximate surface area is 110 Å². The fourth-order valence-electron chi connectivity index (χ4n) is 4.02. The summed E-state index contributed by atoms with van der Waals surface area (Å²) in [5, 5.41) is 0. The highest BCUT2D eigenvalue weighted by atomic mass is 16.5. The third kappa shape index (κ3) is 2.48. The van der Waals surface area contributed by atoms with E-state index < -0.39 is 0 Å². The molecular formula is C15H25NO2. The number of hydrogen-bond donors (Lipinski definition) is 0. The number of carbonyl (C=O) groups excluding carboxylic acids is 1. The largest absolute Gasteiger partial charge is 0.378 e. The molecule has 2 atom stereocenters. The van der Waals surface area contributed by atoms with Crippen LogP contribution in [0.5, 0.6) is 0 Å². The molecule has 3 fully saturated rings. The summed E-state index contributed by atoms with van der Waals surface area (Å²) >= 11 is 0. The highest BCUT2D eigenvalue weighted by molar-refractivity contribution is 5.81. The van der Waals surface area contributed by atoms with E-state index in [2.05, 4.69) is 11.9 Å². The van der Waals surface area contributed by atoms with Gasteiger partial charge in [-0.1, -0.05) is 25.7 Å². The number of fused-ring (bicyclic) bond motifs is 2. The number of hydrogen-bond acceptors (Lipinski definition) is 3. The molecule has 2 saturated heterocycles. The lowest BCUT2D eigenvalue weighted by Gasteiger charge is -2.46. The van der Waals surface area contributed by atoms with Crippen molar-refractivity contribution in [1.82, 2.24) is 4.90 Å². The van der Waals surface area contributed by atoms with Crippen molar-refractivity contribution in [3.05, 3.63) is 0 Å². The highest BCUT2D eigenvalue weighted by Crippen LogP contribution is 2.34. The predicted molar refractivity (Wildman–Crippen MR) is 70.5 cm³/mol. The second-order valence-electron chi connectivity index (χ2n) is 6.50. The van der Waals surface area contributed by atoms with Crippen molar-refractivity contribution in [2.45, 2.75) is 57.0 Å². The van der Waals surface area contributed by atoms with Crippen LogP contribution in [0.3, 0.4) is 0 Å². The number of carbonyl (C=O) groups is 1. The molecule has 3 nitrogen and oxygen atoms in total. The van der Waals surface area contributed by atoms with Crippen LogP contribution in [0.4, 0.5) is 0 Å². The minimum atomic E-state index is 0.320. The van der Waals surface area contributed by atoms with E-state index in [1.54, 1.807) is 0 Å². The van der Waals surface area contributed by atoms with Gasteiger partial charge in [0.1, 0.15) is 5.78 Å². The number of nitrogens with zero attached hydrogens (tertiary/aromatic N) is 1. The molecule has 1 saturated carbocycles. The molecule has 18 heavy (non-hydrogen) atoms. The van der Waals surface area contributed by atoms with Crippen LogP contribution in [-0.2, 0) is 9.53 Å². The third-order valence-electron chi connectivity index (χ3n) is 5.31. The summed E-state index contributed by atoms with van der Waals surface area (Å²) in [7, 11) is 2.19. The first kappa shape index (κ1) is 12.6. The summed E-state index contributed by atoms with van der Waals surface area (Å²) in [6, 6.07) is 0.963. The number of morpholine rings is 1. The predicted octanol–water partition coefficient (Wildman–Crippen LogP) is 2.25. The highest BCUT2D eigenvalue weighted by Gasteiger charge is 2.39. The van der Waals surface area contributed by atoms with Gasteiger partial charge < -0.3 is 4.74 Å². The molecule has 1 aliphatic carbocycles. The SMILES string of the molecule is CN1C2COCC1CC(C(=O)CC1CCCC1)C2. The van der Waals surface area contributed by atoms with Gasteiger partial charge in [-0.3, -0.25) is 9.69 Å². The van der Waals surface area contributed by atoms with Gasteiger partial charge in [-0.05, 0) is 25.8 Å². The van der Waals surface area contributed by atoms with Gasteiger partial charge in [0.2, 0.25) is 0 Å². The molecule has 0 N–H and O–H groups in total. The summed E-state index contributed by atoms with van der Waals surface area (Å²) in [6.07, 6.45) is 8.16. The van der Waals surface area contributed by atoms with Crippen LogP contribution in [0.2, 0.25) is 0 Å². The second kappa shape index (κ2) is 5.30. The van der Waals surface area contributed by atoms with Gasteiger partial charge in [0, 0.05) is 24.4 Å². The molecule has 0 aromatic carbocycles. The topological polar surface area (TPSA) is 29.5 Å². The van der Waals surface area contributed by atoms with Crippen LogP contribution in [0, 0.1) is 11.8 Å². The number of rotatable bonds is 3. The third-order valence-corrected chi connectivity index (χ3v) is 5.31. The fraction of sp³-hybridized carbons (Fsp3) is 0.933. The molecule has 2 bridgehead atoms. The maximum Gasteiger partial charge on any atom is 0.136 e. The van der Waals surface area contributed by atoms with Gasteiger partial charge in [0.25, 0.3) is 0 Å². The summed E-state index contributed by atoms with van der Waals surface area (Å²) in [5.41, 5.74) is 0. The first-order valence-electron chi connectivity index (χ1n) is 7.56. The monoisotopic (exact) mass is 251 g/mol. The fourth-order valence-corrected chi connectivity index (χ4v) is 4.02. The summed E-state index contributed by atoms with van der Waals surface area (Å²) < 4.78 is 5.62. The zero-order valence-electron chi connectivity index (χ0n) is 11.4. The number of piperidine rings is 1. The number of ketones is 1. The first-order chi connectivity index (χ1) is 8.74. The van der Waals surface area contributed by atoms with Crippen LogP contribution >= 0.6 is 0 Å². The maximum atomic E-state index is 12.4. The van der Waals surface area contributed by atoms with Crippen molar-refractivity contribution in [2.75, 3.05) is 20.3 Å². The smallest absolute Gasteiger partial charge is 0.136 e. The molecular weight excluding hydrogens is 226 g/mol. The van der Waals surface area contributed by atoms with Crippen molar-refractivity contribution in [1.29, 1.82) is 0 Å². The van der Waals surface area contributed by atoms with E-state index >= 15 is 0 Å². The summed E-state index contributed by atoms with van der Waals surface area (Å²) in [5.74, 6) is 1.57. The van der Waals surface area contributed by atoms with Crippen molar-refractivity contribution < 1.29 is 9.53 Å². The van der Waals surface area contributed by atoms with Crippen molar-refractivity contribution >= 4 is 5.78 Å². The van der Waals surface area contributed by atoms with E-state index in [1.807, 2.05) is 0 Å². The second-order valence-corrected chi connectivity index (χ2v) is 6.50. The minimum absolute atomic E-state index is 0.320. The Morgan fingerprint density at radius 2 is 1.78 bits per heavy atom. The number of Topliss-reactive ketones (excluding diaryl/α,β-unsaturated/α-hetero) is 1. The van der Waals surface area contributed by atoms with Crippen LogP contribution < -0.4 is 0 Å². The van der Waals surface area contributed by atoms with Crippen LogP contribution in [0.15, 0.2) is 0 Å². The lowest BCUT2D eigenvalue weighted by molar-refractivity contribution is -0.131. The molecule has 2 heterocycles. The molecule has 0 radical (unpaired) electrons. The van der Waals surface area contributed by atoms with E-state index in [0.717, 1.165) is 32.5 Å². The molecule has 3 rings (SSSR count). The van der Waals surface area contributed by atoms with Gasteiger partial charge in [-0.15, -0.1) is 0 Å². The molecule has 3 heteroatoms. The maximum absolute atomic E-state index is 12.4. The van der Waals surface area contributed by atoms with Gasteiger partial charge in [-0.2, -0.15) is 0 Å². The molecule has 0 aromatic rings. The van der Waals surface area contributed by atoms with E-state index in [-0.39, 0.29) is 0 Å². The molecule has 2 aliphatic heterocycles. The van der Waals surface area contributed by atoms with Crippen molar-refractivity contribution in [3.8, 4) is 0 Å². The standard InChI is InChI=1S/C15H25NO2/c1-16-13-7-12(8-14(16)10-18-9-13)15(17)6-11-4-2-3-5-11/h11-14H,2-10H2,1H3. The lowest BCUT2D eigenvalue weighted by atomic mass is 9.80. The average molecular weight is 251 g/mol. The van der Waals surface area contributed by atoms with Crippen LogP contribution in [0.25, 0.3) is 0 Å². The minimum Gasteiger partial charge on any atom is -0.378 e. The van der Waals surface area contributed by atoms with Crippen molar-refractivity contribution in [3.63, 3.8) is 0 Å². The molecule has 0 amide bonds. The molecule has 0 aromatic heterocycles. The van der Waals surface area contributed by atoms with Crippen molar-refractivity contribution in [2.24, 2.45) is 11.8 Å². The lowest BCUT2D eigenvalue weighted by Crippen LogP contribution is -2.55. The summed E-state index contributed by atoms with van der Waals surface area (Å²) in [6.45, 7) is 1.64. The first-order valence-corrected chi connectivity index (χ1v) is 7.56. The number of likely N-dealkylation sites (N-methyl/N-ethyl adjacent to an activating group) is 1. The van der Waals surface area contributed by atoms with Crippen LogP contribution in [-0.4, -0.2) is 43.0 Å². The van der Waals surface area contributed by atoms with E-state index in [9.17, 15) is 4.79 Å². The van der Waals surface area contributed by atoms with E-state index in [0.29, 0.717) is 29.7 Å². The van der Waals surface area contributed by atoms with Crippen LogP contribution in [0.1, 0.15) is 44.9 Å². The van der Waals surface area contributed by atoms with Gasteiger partial charge in [0.05, 0.1) is 13.2 Å². The van der Waals surface area contributed by atoms with Gasteiger partial charge in [-0.25, -0.2) is 0 Å².